The maximum absolute atomic E-state index is 5.69. The van der Waals surface area contributed by atoms with Gasteiger partial charge in [-0.3, -0.25) is 4.98 Å². The molecule has 4 heteroatoms. The van der Waals surface area contributed by atoms with Gasteiger partial charge in [0, 0.05) is 28.7 Å². The topological polar surface area (TPSA) is 40.6 Å². The van der Waals surface area contributed by atoms with Gasteiger partial charge in [-0.25, -0.2) is 0 Å². The molecule has 0 saturated carbocycles. The van der Waals surface area contributed by atoms with Gasteiger partial charge in [-0.05, 0) is 6.07 Å². The minimum absolute atomic E-state index is 0.644. The van der Waals surface area contributed by atoms with E-state index in [9.17, 15) is 0 Å². The summed E-state index contributed by atoms with van der Waals surface area (Å²) in [6.07, 6.45) is 3.52. The predicted octanol–water partition coefficient (Wildman–Crippen LogP) is 3.93. The van der Waals surface area contributed by atoms with Crippen molar-refractivity contribution in [3.63, 3.8) is 0 Å². The Morgan fingerprint density at radius 3 is 1.91 bits per heavy atom. The van der Waals surface area contributed by atoms with Crippen molar-refractivity contribution in [2.24, 2.45) is 0 Å². The Balaban J connectivity index is 2.49. The fourth-order valence-electron chi connectivity index (χ4n) is 2.74. The molecule has 0 radical (unpaired) electrons. The van der Waals surface area contributed by atoms with Crippen LogP contribution in [-0.4, -0.2) is 26.3 Å². The summed E-state index contributed by atoms with van der Waals surface area (Å²) in [7, 11) is 4.93. The maximum Gasteiger partial charge on any atom is 0.173 e. The van der Waals surface area contributed by atoms with Crippen molar-refractivity contribution in [1.82, 2.24) is 4.98 Å². The van der Waals surface area contributed by atoms with Crippen molar-refractivity contribution in [3.05, 3.63) is 48.8 Å². The van der Waals surface area contributed by atoms with Gasteiger partial charge in [-0.1, -0.05) is 30.3 Å². The van der Waals surface area contributed by atoms with Gasteiger partial charge in [0.2, 0.25) is 0 Å². The van der Waals surface area contributed by atoms with Crippen molar-refractivity contribution in [2.75, 3.05) is 21.3 Å². The van der Waals surface area contributed by atoms with Crippen LogP contribution in [-0.2, 0) is 0 Å². The summed E-state index contributed by atoms with van der Waals surface area (Å²) in [5.41, 5.74) is 1.76. The zero-order chi connectivity index (χ0) is 15.5. The molecular weight excluding hydrogens is 278 g/mol. The molecule has 3 rings (SSSR count). The minimum atomic E-state index is 0.644. The summed E-state index contributed by atoms with van der Waals surface area (Å²) < 4.78 is 16.9. The summed E-state index contributed by atoms with van der Waals surface area (Å²) in [5.74, 6) is 2.09. The molecule has 0 unspecified atom stereocenters. The molecule has 0 aliphatic carbocycles. The van der Waals surface area contributed by atoms with Gasteiger partial charge in [0.25, 0.3) is 0 Å². The smallest absolute Gasteiger partial charge is 0.173 e. The first-order chi connectivity index (χ1) is 10.8. The zero-order valence-electron chi connectivity index (χ0n) is 12.8. The molecule has 0 amide bonds. The fraction of sp³-hybridized carbons (Fsp3) is 0.167. The second-order valence-electron chi connectivity index (χ2n) is 4.76. The number of ether oxygens (including phenoxy) is 3. The van der Waals surface area contributed by atoms with E-state index < -0.39 is 0 Å². The Morgan fingerprint density at radius 1 is 0.727 bits per heavy atom. The lowest BCUT2D eigenvalue weighted by atomic mass is 9.98. The molecule has 1 aromatic heterocycles. The van der Waals surface area contributed by atoms with E-state index in [1.807, 2.05) is 36.4 Å². The molecule has 0 saturated heterocycles. The first kappa shape index (κ1) is 14.2. The summed E-state index contributed by atoms with van der Waals surface area (Å²) in [5, 5.41) is 1.92. The Bertz CT molecular complexity index is 800. The van der Waals surface area contributed by atoms with E-state index in [0.717, 1.165) is 27.6 Å². The molecule has 1 heterocycles. The molecule has 112 valence electrons. The third-order valence-corrected chi connectivity index (χ3v) is 3.64. The lowest BCUT2D eigenvalue weighted by Gasteiger charge is -2.19. The van der Waals surface area contributed by atoms with Gasteiger partial charge in [0.1, 0.15) is 5.75 Å². The largest absolute Gasteiger partial charge is 0.495 e. The van der Waals surface area contributed by atoms with Gasteiger partial charge < -0.3 is 14.2 Å². The second kappa shape index (κ2) is 5.93. The molecule has 22 heavy (non-hydrogen) atoms. The van der Waals surface area contributed by atoms with Gasteiger partial charge in [0.05, 0.1) is 26.9 Å². The summed E-state index contributed by atoms with van der Waals surface area (Å²) >= 11 is 0. The molecule has 0 spiro atoms. The standard InChI is InChI=1S/C18H17NO3/c1-20-16-13-8-4-5-9-14(13)17(21-2)18(22-3)15(16)12-7-6-10-19-11-12/h4-11H,1-3H3. The third kappa shape index (κ3) is 2.13. The molecule has 0 atom stereocenters. The molecule has 0 aliphatic heterocycles. The van der Waals surface area contributed by atoms with Crippen molar-refractivity contribution in [2.45, 2.75) is 0 Å². The van der Waals surface area contributed by atoms with Crippen LogP contribution < -0.4 is 14.2 Å². The number of hydrogen-bond donors (Lipinski definition) is 0. The predicted molar refractivity (Wildman–Crippen MR) is 86.8 cm³/mol. The number of methoxy groups -OCH3 is 3. The quantitative estimate of drug-likeness (QED) is 0.731. The Kier molecular flexibility index (Phi) is 3.83. The molecule has 2 aromatic carbocycles. The second-order valence-corrected chi connectivity index (χ2v) is 4.76. The zero-order valence-corrected chi connectivity index (χ0v) is 12.8. The molecule has 0 N–H and O–H groups in total. The third-order valence-electron chi connectivity index (χ3n) is 3.64. The van der Waals surface area contributed by atoms with Crippen molar-refractivity contribution in [1.29, 1.82) is 0 Å². The first-order valence-corrected chi connectivity index (χ1v) is 6.92. The van der Waals surface area contributed by atoms with Crippen LogP contribution in [0.4, 0.5) is 0 Å². The highest BCUT2D eigenvalue weighted by Gasteiger charge is 2.22. The fourth-order valence-corrected chi connectivity index (χ4v) is 2.74. The van der Waals surface area contributed by atoms with Crippen LogP contribution in [0.15, 0.2) is 48.8 Å². The highest BCUT2D eigenvalue weighted by atomic mass is 16.5. The van der Waals surface area contributed by atoms with E-state index in [0.29, 0.717) is 11.5 Å². The number of rotatable bonds is 4. The number of fused-ring (bicyclic) bond motifs is 1. The van der Waals surface area contributed by atoms with Gasteiger partial charge >= 0.3 is 0 Å². The van der Waals surface area contributed by atoms with Crippen LogP contribution >= 0.6 is 0 Å². The van der Waals surface area contributed by atoms with Crippen molar-refractivity contribution in [3.8, 4) is 28.4 Å². The van der Waals surface area contributed by atoms with Crippen LogP contribution in [0.25, 0.3) is 21.9 Å². The monoisotopic (exact) mass is 295 g/mol. The van der Waals surface area contributed by atoms with Crippen molar-refractivity contribution < 1.29 is 14.2 Å². The summed E-state index contributed by atoms with van der Waals surface area (Å²) in [6, 6.07) is 11.8. The average molecular weight is 295 g/mol. The van der Waals surface area contributed by atoms with Crippen LogP contribution in [0.2, 0.25) is 0 Å². The van der Waals surface area contributed by atoms with Crippen molar-refractivity contribution >= 4 is 10.8 Å². The van der Waals surface area contributed by atoms with Gasteiger partial charge in [-0.2, -0.15) is 0 Å². The Morgan fingerprint density at radius 2 is 1.36 bits per heavy atom. The highest BCUT2D eigenvalue weighted by Crippen LogP contribution is 2.50. The number of pyridine rings is 1. The van der Waals surface area contributed by atoms with E-state index >= 15 is 0 Å². The number of benzene rings is 2. The summed E-state index contributed by atoms with van der Waals surface area (Å²) in [4.78, 5) is 4.20. The minimum Gasteiger partial charge on any atom is -0.495 e. The van der Waals surface area contributed by atoms with E-state index in [-0.39, 0.29) is 0 Å². The van der Waals surface area contributed by atoms with Crippen LogP contribution in [0, 0.1) is 0 Å². The Hall–Kier alpha value is -2.75. The number of nitrogens with zero attached hydrogens (tertiary/aromatic N) is 1. The van der Waals surface area contributed by atoms with E-state index in [4.69, 9.17) is 14.2 Å². The van der Waals surface area contributed by atoms with Crippen LogP contribution in [0.5, 0.6) is 17.2 Å². The molecule has 0 bridgehead atoms. The highest BCUT2D eigenvalue weighted by molar-refractivity contribution is 6.03. The van der Waals surface area contributed by atoms with E-state index in [2.05, 4.69) is 4.98 Å². The number of hydrogen-bond acceptors (Lipinski definition) is 4. The number of aromatic nitrogens is 1. The molecular formula is C18H17NO3. The van der Waals surface area contributed by atoms with E-state index in [1.165, 1.54) is 0 Å². The molecule has 0 aliphatic rings. The maximum atomic E-state index is 5.69. The molecule has 0 fully saturated rings. The van der Waals surface area contributed by atoms with Gasteiger partial charge in [0.15, 0.2) is 11.5 Å². The lowest BCUT2D eigenvalue weighted by molar-refractivity contribution is 0.355. The van der Waals surface area contributed by atoms with Gasteiger partial charge in [-0.15, -0.1) is 0 Å². The molecule has 3 aromatic rings. The molecule has 4 nitrogen and oxygen atoms in total. The lowest BCUT2D eigenvalue weighted by Crippen LogP contribution is -1.99. The normalized spacial score (nSPS) is 10.5. The van der Waals surface area contributed by atoms with E-state index in [1.54, 1.807) is 33.7 Å². The SMILES string of the molecule is COc1c(-c2cccnc2)c(OC)c2ccccc2c1OC. The average Bonchev–Trinajstić information content (AvgIpc) is 2.60. The summed E-state index contributed by atoms with van der Waals surface area (Å²) in [6.45, 7) is 0. The first-order valence-electron chi connectivity index (χ1n) is 6.92. The Labute approximate surface area is 129 Å². The van der Waals surface area contributed by atoms with Crippen LogP contribution in [0.3, 0.4) is 0 Å². The van der Waals surface area contributed by atoms with Crippen LogP contribution in [0.1, 0.15) is 0 Å².